The van der Waals surface area contributed by atoms with Gasteiger partial charge in [0, 0.05) is 48.6 Å². The molecule has 4 rings (SSSR count). The summed E-state index contributed by atoms with van der Waals surface area (Å²) in [5.41, 5.74) is 2.01. The summed E-state index contributed by atoms with van der Waals surface area (Å²) in [6.45, 7) is 0.0548. The fraction of sp³-hybridized carbons (Fsp3) is 0.0952. The topological polar surface area (TPSA) is 93.2 Å². The van der Waals surface area contributed by atoms with Gasteiger partial charge in [0.15, 0.2) is 11.6 Å². The molecule has 2 N–H and O–H groups in total. The lowest BCUT2D eigenvalue weighted by Crippen LogP contribution is -2.16. The van der Waals surface area contributed by atoms with Crippen LogP contribution in [0.3, 0.4) is 0 Å². The highest BCUT2D eigenvalue weighted by atomic mass is 32.2. The lowest BCUT2D eigenvalue weighted by molar-refractivity contribution is 0.462. The second kappa shape index (κ2) is 8.32. The Bertz CT molecular complexity index is 1420. The van der Waals surface area contributed by atoms with E-state index in [1.807, 2.05) is 0 Å². The molecule has 2 aromatic heterocycles. The molecule has 0 aliphatic heterocycles. The molecule has 0 atom stereocenters. The van der Waals surface area contributed by atoms with Crippen molar-refractivity contribution in [2.45, 2.75) is 6.54 Å². The van der Waals surface area contributed by atoms with E-state index in [2.05, 4.69) is 9.71 Å². The number of aryl methyl sites for hydroxylation is 1. The molecule has 10 heteroatoms. The predicted molar refractivity (Wildman–Crippen MR) is 113 cm³/mol. The van der Waals surface area contributed by atoms with Crippen molar-refractivity contribution in [3.05, 3.63) is 82.4 Å². The van der Waals surface area contributed by atoms with Crippen molar-refractivity contribution >= 4 is 21.8 Å². The molecular weight excluding hydrogens is 428 g/mol. The number of benzene rings is 2. The van der Waals surface area contributed by atoms with Crippen LogP contribution in [0.2, 0.25) is 0 Å². The van der Waals surface area contributed by atoms with Gasteiger partial charge in [-0.05, 0) is 35.9 Å². The van der Waals surface area contributed by atoms with Crippen molar-refractivity contribution in [2.24, 2.45) is 7.05 Å². The van der Waals surface area contributed by atoms with Crippen molar-refractivity contribution < 1.29 is 21.9 Å². The highest BCUT2D eigenvalue weighted by molar-refractivity contribution is 7.70. The summed E-state index contributed by atoms with van der Waals surface area (Å²) in [6, 6.07) is 9.91. The summed E-state index contributed by atoms with van der Waals surface area (Å²) in [5, 5.41) is 0.637. The zero-order valence-electron chi connectivity index (χ0n) is 16.2. The van der Waals surface area contributed by atoms with E-state index in [-0.39, 0.29) is 17.9 Å². The average molecular weight is 445 g/mol. The number of halogens is 2. The molecule has 2 heterocycles. The van der Waals surface area contributed by atoms with Crippen LogP contribution in [0.25, 0.3) is 22.0 Å². The molecule has 0 radical (unpaired) electrons. The van der Waals surface area contributed by atoms with Gasteiger partial charge in [0.05, 0.1) is 0 Å². The van der Waals surface area contributed by atoms with Crippen LogP contribution >= 0.6 is 0 Å². The Kier molecular flexibility index (Phi) is 5.57. The van der Waals surface area contributed by atoms with Crippen LogP contribution in [0.4, 0.5) is 8.78 Å². The van der Waals surface area contributed by atoms with E-state index < -0.39 is 22.5 Å². The minimum Gasteiger partial charge on any atom is -0.457 e. The number of rotatable bonds is 6. The normalized spacial score (nSPS) is 11.4. The van der Waals surface area contributed by atoms with Crippen molar-refractivity contribution in [3.8, 4) is 22.6 Å². The number of aromatic amines is 1. The Morgan fingerprint density at radius 3 is 2.61 bits per heavy atom. The molecule has 0 saturated heterocycles. The van der Waals surface area contributed by atoms with Gasteiger partial charge in [-0.3, -0.25) is 4.79 Å². The van der Waals surface area contributed by atoms with Gasteiger partial charge in [-0.25, -0.2) is 21.9 Å². The first kappa shape index (κ1) is 20.8. The molecule has 0 spiro atoms. The fourth-order valence-electron chi connectivity index (χ4n) is 3.29. The minimum atomic E-state index is -2.78. The molecule has 0 aliphatic rings. The summed E-state index contributed by atoms with van der Waals surface area (Å²) in [7, 11) is -1.17. The average Bonchev–Trinajstić information content (AvgIpc) is 3.23. The maximum Gasteiger partial charge on any atom is 0.274 e. The van der Waals surface area contributed by atoms with Crippen LogP contribution in [-0.2, 0) is 24.5 Å². The number of nitrogens with one attached hydrogen (secondary N) is 2. The molecule has 0 aliphatic carbocycles. The maximum atomic E-state index is 13.6. The Morgan fingerprint density at radius 2 is 1.87 bits per heavy atom. The summed E-state index contributed by atoms with van der Waals surface area (Å²) < 4.78 is 58.3. The van der Waals surface area contributed by atoms with E-state index in [9.17, 15) is 22.0 Å². The van der Waals surface area contributed by atoms with Crippen LogP contribution in [0.15, 0.2) is 59.7 Å². The molecule has 31 heavy (non-hydrogen) atoms. The summed E-state index contributed by atoms with van der Waals surface area (Å²) in [6.07, 6.45) is 3.27. The Balaban J connectivity index is 1.88. The molecule has 0 bridgehead atoms. The number of thiol groups is 1. The summed E-state index contributed by atoms with van der Waals surface area (Å²) >= 11 is 0. The van der Waals surface area contributed by atoms with Crippen molar-refractivity contribution in [1.82, 2.24) is 14.3 Å². The number of pyridine rings is 1. The van der Waals surface area contributed by atoms with Gasteiger partial charge < -0.3 is 14.3 Å². The predicted octanol–water partition coefficient (Wildman–Crippen LogP) is 3.22. The third kappa shape index (κ3) is 4.21. The molecule has 0 fully saturated rings. The number of hydrogen-bond donors (Lipinski definition) is 3. The second-order valence-corrected chi connectivity index (χ2v) is 7.66. The standard InChI is InChI=1S/C21H17F2N3O4S/c1-26-11-16(14-6-7-24-20(14)21(26)27)15-8-12(10-25-31(28)29)2-5-19(15)30-13-3-4-17(22)18(23)9-13/h2-9,11,24,31H,10H2,1H3,(H,25,28,29). The van der Waals surface area contributed by atoms with Crippen LogP contribution in [0, 0.1) is 11.6 Å². The third-order valence-electron chi connectivity index (χ3n) is 4.76. The first-order chi connectivity index (χ1) is 14.8. The number of hydrogen-bond acceptors (Lipinski definition) is 4. The van der Waals surface area contributed by atoms with E-state index in [0.29, 0.717) is 33.3 Å². The van der Waals surface area contributed by atoms with E-state index in [4.69, 9.17) is 4.74 Å². The molecule has 4 aromatic rings. The molecular formula is C21H17F2N3O4S. The van der Waals surface area contributed by atoms with Gasteiger partial charge >= 0.3 is 0 Å². The van der Waals surface area contributed by atoms with E-state index in [1.54, 1.807) is 43.7 Å². The zero-order chi connectivity index (χ0) is 22.1. The quantitative estimate of drug-likeness (QED) is 0.398. The van der Waals surface area contributed by atoms with Crippen LogP contribution in [0.1, 0.15) is 5.56 Å². The number of nitrogens with zero attached hydrogens (tertiary/aromatic N) is 1. The third-order valence-corrected chi connectivity index (χ3v) is 5.18. The van der Waals surface area contributed by atoms with Crippen LogP contribution in [-0.4, -0.2) is 18.0 Å². The molecule has 7 nitrogen and oxygen atoms in total. The molecule has 0 unspecified atom stereocenters. The number of H-pyrrole nitrogens is 1. The van der Waals surface area contributed by atoms with Gasteiger partial charge in [0.2, 0.25) is 10.9 Å². The second-order valence-electron chi connectivity index (χ2n) is 6.83. The van der Waals surface area contributed by atoms with Gasteiger partial charge in [-0.15, -0.1) is 0 Å². The van der Waals surface area contributed by atoms with Crippen molar-refractivity contribution in [2.75, 3.05) is 0 Å². The van der Waals surface area contributed by atoms with Crippen LogP contribution in [0.5, 0.6) is 11.5 Å². The monoisotopic (exact) mass is 445 g/mol. The first-order valence-electron chi connectivity index (χ1n) is 9.14. The van der Waals surface area contributed by atoms with Gasteiger partial charge in [-0.2, -0.15) is 0 Å². The zero-order valence-corrected chi connectivity index (χ0v) is 17.1. The largest absolute Gasteiger partial charge is 0.457 e. The lowest BCUT2D eigenvalue weighted by Gasteiger charge is -2.15. The number of aromatic nitrogens is 2. The molecule has 160 valence electrons. The van der Waals surface area contributed by atoms with Crippen LogP contribution < -0.4 is 15.0 Å². The van der Waals surface area contributed by atoms with Crippen molar-refractivity contribution in [3.63, 3.8) is 0 Å². The Labute approximate surface area is 177 Å². The van der Waals surface area contributed by atoms with E-state index >= 15 is 0 Å². The highest BCUT2D eigenvalue weighted by Gasteiger charge is 2.16. The number of ether oxygens (including phenoxy) is 1. The fourth-order valence-corrected chi connectivity index (χ4v) is 3.61. The first-order valence-corrected chi connectivity index (χ1v) is 10.3. The van der Waals surface area contributed by atoms with E-state index in [1.165, 1.54) is 10.6 Å². The molecule has 0 saturated carbocycles. The van der Waals surface area contributed by atoms with Gasteiger partial charge in [0.1, 0.15) is 17.0 Å². The Morgan fingerprint density at radius 1 is 1.06 bits per heavy atom. The molecule has 0 amide bonds. The minimum absolute atomic E-state index is 0.0548. The van der Waals surface area contributed by atoms with Gasteiger partial charge in [-0.1, -0.05) is 6.07 Å². The van der Waals surface area contributed by atoms with Crippen molar-refractivity contribution in [1.29, 1.82) is 0 Å². The molecule has 2 aromatic carbocycles. The summed E-state index contributed by atoms with van der Waals surface area (Å²) in [4.78, 5) is 15.3. The Hall–Kier alpha value is -3.50. The smallest absolute Gasteiger partial charge is 0.274 e. The lowest BCUT2D eigenvalue weighted by atomic mass is 10.0. The summed E-state index contributed by atoms with van der Waals surface area (Å²) in [5.74, 6) is -1.63. The van der Waals surface area contributed by atoms with Gasteiger partial charge in [0.25, 0.3) is 5.56 Å². The van der Waals surface area contributed by atoms with E-state index in [0.717, 1.165) is 12.1 Å². The number of fused-ring (bicyclic) bond motifs is 1. The maximum absolute atomic E-state index is 13.6. The highest BCUT2D eigenvalue weighted by Crippen LogP contribution is 2.37. The SMILES string of the molecule is Cn1cc(-c2cc(CN[SH](=O)=O)ccc2Oc2ccc(F)c(F)c2)c2cc[nH]c2c1=O.